The number of rotatable bonds is 7. The minimum Gasteiger partial charge on any atom is -0.388 e. The fourth-order valence-corrected chi connectivity index (χ4v) is 2.06. The van der Waals surface area contributed by atoms with Crippen molar-refractivity contribution in [2.24, 2.45) is 0 Å². The molecule has 1 aromatic rings. The highest BCUT2D eigenvalue weighted by Gasteiger charge is 2.14. The summed E-state index contributed by atoms with van der Waals surface area (Å²) in [6.45, 7) is 2.16. The van der Waals surface area contributed by atoms with Crippen LogP contribution in [-0.2, 0) is 0 Å². The Morgan fingerprint density at radius 2 is 1.94 bits per heavy atom. The molecule has 0 spiro atoms. The van der Waals surface area contributed by atoms with Gasteiger partial charge in [-0.1, -0.05) is 62.8 Å². The summed E-state index contributed by atoms with van der Waals surface area (Å²) >= 11 is 5.67. The predicted octanol–water partition coefficient (Wildman–Crippen LogP) is 4.87. The van der Waals surface area contributed by atoms with Gasteiger partial charge in [0.2, 0.25) is 0 Å². The van der Waals surface area contributed by atoms with Gasteiger partial charge >= 0.3 is 0 Å². The van der Waals surface area contributed by atoms with Crippen LogP contribution in [0.2, 0.25) is 5.02 Å². The van der Waals surface area contributed by atoms with Crippen molar-refractivity contribution in [1.82, 2.24) is 0 Å². The number of hydrogen-bond donors (Lipinski definition) is 1. The van der Waals surface area contributed by atoms with Crippen LogP contribution >= 0.6 is 11.6 Å². The van der Waals surface area contributed by atoms with Crippen molar-refractivity contribution in [2.75, 3.05) is 0 Å². The third-order valence-electron chi connectivity index (χ3n) is 2.92. The van der Waals surface area contributed by atoms with E-state index in [2.05, 4.69) is 6.92 Å². The van der Waals surface area contributed by atoms with Crippen molar-refractivity contribution < 1.29 is 9.50 Å². The molecule has 1 nitrogen and oxygen atoms in total. The zero-order chi connectivity index (χ0) is 12.7. The third-order valence-corrected chi connectivity index (χ3v) is 3.21. The highest BCUT2D eigenvalue weighted by atomic mass is 35.5. The maximum Gasteiger partial charge on any atom is 0.147 e. The van der Waals surface area contributed by atoms with Gasteiger partial charge < -0.3 is 5.11 Å². The molecule has 1 rings (SSSR count). The van der Waals surface area contributed by atoms with Gasteiger partial charge in [0.15, 0.2) is 0 Å². The van der Waals surface area contributed by atoms with E-state index in [0.29, 0.717) is 12.0 Å². The second-order valence-corrected chi connectivity index (χ2v) is 4.77. The first kappa shape index (κ1) is 14.5. The van der Waals surface area contributed by atoms with Gasteiger partial charge in [0.25, 0.3) is 0 Å². The summed E-state index contributed by atoms with van der Waals surface area (Å²) in [6, 6.07) is 4.76. The van der Waals surface area contributed by atoms with E-state index in [4.69, 9.17) is 11.6 Å². The Kier molecular flexibility index (Phi) is 6.53. The molecule has 0 radical (unpaired) electrons. The molecular weight excluding hydrogens is 239 g/mol. The minimum atomic E-state index is -0.740. The number of benzene rings is 1. The van der Waals surface area contributed by atoms with Gasteiger partial charge in [-0.15, -0.1) is 0 Å². The smallest absolute Gasteiger partial charge is 0.147 e. The van der Waals surface area contributed by atoms with Crippen LogP contribution in [0.3, 0.4) is 0 Å². The molecule has 96 valence electrons. The first-order chi connectivity index (χ1) is 8.16. The highest BCUT2D eigenvalue weighted by Crippen LogP contribution is 2.26. The summed E-state index contributed by atoms with van der Waals surface area (Å²) < 4.78 is 13.6. The number of aliphatic hydroxyl groups is 1. The summed E-state index contributed by atoms with van der Waals surface area (Å²) in [5, 5.41) is 9.96. The predicted molar refractivity (Wildman–Crippen MR) is 69.7 cm³/mol. The Morgan fingerprint density at radius 3 is 2.65 bits per heavy atom. The van der Waals surface area contributed by atoms with Crippen molar-refractivity contribution in [2.45, 2.75) is 51.6 Å². The molecule has 1 N–H and O–H groups in total. The fraction of sp³-hybridized carbons (Fsp3) is 0.571. The van der Waals surface area contributed by atoms with Gasteiger partial charge in [-0.25, -0.2) is 4.39 Å². The van der Waals surface area contributed by atoms with Crippen molar-refractivity contribution in [3.8, 4) is 0 Å². The first-order valence-corrected chi connectivity index (χ1v) is 6.66. The van der Waals surface area contributed by atoms with E-state index in [1.165, 1.54) is 25.3 Å². The van der Waals surface area contributed by atoms with Gasteiger partial charge in [-0.2, -0.15) is 0 Å². The topological polar surface area (TPSA) is 20.2 Å². The van der Waals surface area contributed by atoms with Crippen molar-refractivity contribution in [3.63, 3.8) is 0 Å². The Balaban J connectivity index is 2.41. The molecule has 0 aliphatic carbocycles. The second-order valence-electron chi connectivity index (χ2n) is 4.36. The lowest BCUT2D eigenvalue weighted by Crippen LogP contribution is -2.01. The van der Waals surface area contributed by atoms with Gasteiger partial charge in [-0.3, -0.25) is 0 Å². The molecule has 0 saturated heterocycles. The van der Waals surface area contributed by atoms with Gasteiger partial charge in [-0.05, 0) is 12.5 Å². The second kappa shape index (κ2) is 7.67. The quantitative estimate of drug-likeness (QED) is 0.692. The molecule has 0 aliphatic rings. The lowest BCUT2D eigenvalue weighted by Gasteiger charge is -2.12. The van der Waals surface area contributed by atoms with E-state index in [1.54, 1.807) is 12.1 Å². The van der Waals surface area contributed by atoms with Crippen molar-refractivity contribution >= 4 is 11.6 Å². The zero-order valence-corrected chi connectivity index (χ0v) is 11.0. The molecule has 0 aromatic heterocycles. The van der Waals surface area contributed by atoms with E-state index in [1.807, 2.05) is 0 Å². The van der Waals surface area contributed by atoms with Crippen LogP contribution in [0.4, 0.5) is 4.39 Å². The minimum absolute atomic E-state index is 0.0764. The summed E-state index contributed by atoms with van der Waals surface area (Å²) in [5.41, 5.74) is 0.313. The van der Waals surface area contributed by atoms with Crippen LogP contribution in [0.1, 0.15) is 57.1 Å². The van der Waals surface area contributed by atoms with Crippen LogP contribution in [0.15, 0.2) is 18.2 Å². The molecular formula is C14H20ClFO. The van der Waals surface area contributed by atoms with E-state index in [9.17, 15) is 9.50 Å². The molecule has 0 bridgehead atoms. The SMILES string of the molecule is CCCCCCCC(O)c1cccc(Cl)c1F. The summed E-state index contributed by atoms with van der Waals surface area (Å²) in [5.74, 6) is -0.491. The Morgan fingerprint density at radius 1 is 1.24 bits per heavy atom. The van der Waals surface area contributed by atoms with Crippen LogP contribution in [0, 0.1) is 5.82 Å². The fourth-order valence-electron chi connectivity index (χ4n) is 1.87. The molecule has 0 fully saturated rings. The number of aliphatic hydroxyl groups excluding tert-OH is 1. The molecule has 1 atom stereocenters. The molecule has 1 unspecified atom stereocenters. The van der Waals surface area contributed by atoms with Crippen molar-refractivity contribution in [3.05, 3.63) is 34.6 Å². The average molecular weight is 259 g/mol. The number of hydrogen-bond acceptors (Lipinski definition) is 1. The van der Waals surface area contributed by atoms with Crippen LogP contribution < -0.4 is 0 Å². The maximum absolute atomic E-state index is 13.6. The Bertz CT molecular complexity index is 341. The third kappa shape index (κ3) is 4.64. The van der Waals surface area contributed by atoms with Crippen molar-refractivity contribution in [1.29, 1.82) is 0 Å². The molecule has 1 aromatic carbocycles. The number of halogens is 2. The standard InChI is InChI=1S/C14H20ClFO/c1-2-3-4-5-6-10-13(17)11-8-7-9-12(15)14(11)16/h7-9,13,17H,2-6,10H2,1H3. The number of unbranched alkanes of at least 4 members (excludes halogenated alkanes) is 4. The largest absolute Gasteiger partial charge is 0.388 e. The van der Waals surface area contributed by atoms with Crippen LogP contribution in [0.5, 0.6) is 0 Å². The maximum atomic E-state index is 13.6. The lowest BCUT2D eigenvalue weighted by molar-refractivity contribution is 0.159. The molecule has 3 heteroatoms. The molecule has 0 amide bonds. The average Bonchev–Trinajstić information content (AvgIpc) is 2.32. The van der Waals surface area contributed by atoms with Gasteiger partial charge in [0, 0.05) is 5.56 Å². The summed E-state index contributed by atoms with van der Waals surface area (Å²) in [7, 11) is 0. The molecule has 0 aliphatic heterocycles. The normalized spacial score (nSPS) is 12.7. The zero-order valence-electron chi connectivity index (χ0n) is 10.3. The van der Waals surface area contributed by atoms with Crippen LogP contribution in [-0.4, -0.2) is 5.11 Å². The monoisotopic (exact) mass is 258 g/mol. The van der Waals surface area contributed by atoms with Crippen LogP contribution in [0.25, 0.3) is 0 Å². The van der Waals surface area contributed by atoms with E-state index < -0.39 is 11.9 Å². The first-order valence-electron chi connectivity index (χ1n) is 6.28. The summed E-state index contributed by atoms with van der Waals surface area (Å²) in [4.78, 5) is 0. The van der Waals surface area contributed by atoms with E-state index in [0.717, 1.165) is 12.8 Å². The molecule has 0 saturated carbocycles. The Labute approximate surface area is 108 Å². The lowest BCUT2D eigenvalue weighted by atomic mass is 10.0. The van der Waals surface area contributed by atoms with E-state index in [-0.39, 0.29) is 5.02 Å². The molecule has 17 heavy (non-hydrogen) atoms. The highest BCUT2D eigenvalue weighted by molar-refractivity contribution is 6.30. The van der Waals surface area contributed by atoms with Gasteiger partial charge in [0.05, 0.1) is 11.1 Å². The molecule has 0 heterocycles. The Hall–Kier alpha value is -0.600. The summed E-state index contributed by atoms with van der Waals surface area (Å²) in [6.07, 6.45) is 5.48. The van der Waals surface area contributed by atoms with E-state index >= 15 is 0 Å². The van der Waals surface area contributed by atoms with Gasteiger partial charge in [0.1, 0.15) is 5.82 Å².